The van der Waals surface area contributed by atoms with E-state index in [1.165, 1.54) is 36.4 Å². The molecule has 3 nitrogen and oxygen atoms in total. The number of hydrogen-bond acceptors (Lipinski definition) is 2. The lowest BCUT2D eigenvalue weighted by Gasteiger charge is -2.09. The topological polar surface area (TPSA) is 38.3 Å². The third kappa shape index (κ3) is 3.78. The minimum absolute atomic E-state index is 0.233. The minimum Gasteiger partial charge on any atom is -0.483 e. The Bertz CT molecular complexity index is 629. The molecule has 0 aliphatic rings. The quantitative estimate of drug-likeness (QED) is 0.931. The lowest BCUT2D eigenvalue weighted by Crippen LogP contribution is -2.20. The van der Waals surface area contributed by atoms with Gasteiger partial charge in [0.1, 0.15) is 17.4 Å². The van der Waals surface area contributed by atoms with Gasteiger partial charge >= 0.3 is 0 Å². The molecule has 0 saturated carbocycles. The zero-order chi connectivity index (χ0) is 14.5. The molecule has 2 rings (SSSR count). The smallest absolute Gasteiger partial charge is 0.262 e. The SMILES string of the molecule is Cc1cc(F)ccc1OCC(=O)Nc1cccc(F)c1. The van der Waals surface area contributed by atoms with Crippen molar-refractivity contribution >= 4 is 11.6 Å². The van der Waals surface area contributed by atoms with Crippen LogP contribution in [0.5, 0.6) is 5.75 Å². The fourth-order valence-corrected chi connectivity index (χ4v) is 1.68. The molecule has 0 bridgehead atoms. The maximum atomic E-state index is 12.9. The molecule has 0 heterocycles. The first-order valence-corrected chi connectivity index (χ1v) is 5.99. The summed E-state index contributed by atoms with van der Waals surface area (Å²) in [7, 11) is 0. The van der Waals surface area contributed by atoms with E-state index in [1.54, 1.807) is 13.0 Å². The Morgan fingerprint density at radius 1 is 1.15 bits per heavy atom. The molecule has 0 unspecified atom stereocenters. The number of aryl methyl sites for hydroxylation is 1. The molecule has 0 radical (unpaired) electrons. The van der Waals surface area contributed by atoms with Crippen LogP contribution < -0.4 is 10.1 Å². The fraction of sp³-hybridized carbons (Fsp3) is 0.133. The van der Waals surface area contributed by atoms with Crippen LogP contribution in [0.25, 0.3) is 0 Å². The average molecular weight is 277 g/mol. The zero-order valence-corrected chi connectivity index (χ0v) is 10.8. The Labute approximate surface area is 115 Å². The molecular weight excluding hydrogens is 264 g/mol. The van der Waals surface area contributed by atoms with Crippen LogP contribution in [0, 0.1) is 18.6 Å². The summed E-state index contributed by atoms with van der Waals surface area (Å²) < 4.78 is 31.1. The third-order valence-corrected chi connectivity index (χ3v) is 2.60. The molecule has 0 aliphatic carbocycles. The molecule has 5 heteroatoms. The van der Waals surface area contributed by atoms with Crippen molar-refractivity contribution in [3.05, 3.63) is 59.7 Å². The van der Waals surface area contributed by atoms with Crippen molar-refractivity contribution in [2.75, 3.05) is 11.9 Å². The highest BCUT2D eigenvalue weighted by atomic mass is 19.1. The Kier molecular flexibility index (Phi) is 4.30. The summed E-state index contributed by atoms with van der Waals surface area (Å²) in [6.07, 6.45) is 0. The van der Waals surface area contributed by atoms with Gasteiger partial charge < -0.3 is 10.1 Å². The van der Waals surface area contributed by atoms with E-state index >= 15 is 0 Å². The van der Waals surface area contributed by atoms with Crippen LogP contribution in [0.15, 0.2) is 42.5 Å². The average Bonchev–Trinajstić information content (AvgIpc) is 2.37. The summed E-state index contributed by atoms with van der Waals surface area (Å²) in [6, 6.07) is 9.60. The monoisotopic (exact) mass is 277 g/mol. The first-order valence-electron chi connectivity index (χ1n) is 5.99. The first-order chi connectivity index (χ1) is 9.54. The van der Waals surface area contributed by atoms with Crippen molar-refractivity contribution < 1.29 is 18.3 Å². The summed E-state index contributed by atoms with van der Waals surface area (Å²) in [5.41, 5.74) is 0.956. The van der Waals surface area contributed by atoms with Gasteiger partial charge in [-0.1, -0.05) is 6.07 Å². The number of carbonyl (C=O) groups excluding carboxylic acids is 1. The highest BCUT2D eigenvalue weighted by molar-refractivity contribution is 5.91. The van der Waals surface area contributed by atoms with E-state index in [-0.39, 0.29) is 12.4 Å². The van der Waals surface area contributed by atoms with E-state index in [4.69, 9.17) is 4.74 Å². The molecule has 2 aromatic rings. The molecule has 0 fully saturated rings. The van der Waals surface area contributed by atoms with Crippen LogP contribution in [0.1, 0.15) is 5.56 Å². The molecule has 0 aromatic heterocycles. The Hall–Kier alpha value is -2.43. The zero-order valence-electron chi connectivity index (χ0n) is 10.8. The number of nitrogens with one attached hydrogen (secondary N) is 1. The predicted molar refractivity (Wildman–Crippen MR) is 71.7 cm³/mol. The molecule has 2 aromatic carbocycles. The standard InChI is InChI=1S/C15H13F2NO2/c1-10-7-12(17)5-6-14(10)20-9-15(19)18-13-4-2-3-11(16)8-13/h2-8H,9H2,1H3,(H,18,19). The van der Waals surface area contributed by atoms with Crippen molar-refractivity contribution in [1.82, 2.24) is 0 Å². The van der Waals surface area contributed by atoms with Gasteiger partial charge in [-0.25, -0.2) is 8.78 Å². The highest BCUT2D eigenvalue weighted by Gasteiger charge is 2.06. The van der Waals surface area contributed by atoms with E-state index in [1.807, 2.05) is 0 Å². The van der Waals surface area contributed by atoms with Gasteiger partial charge in [-0.2, -0.15) is 0 Å². The molecule has 0 aliphatic heterocycles. The summed E-state index contributed by atoms with van der Waals surface area (Å²) in [4.78, 5) is 11.6. The largest absolute Gasteiger partial charge is 0.483 e. The van der Waals surface area contributed by atoms with Crippen molar-refractivity contribution in [3.63, 3.8) is 0 Å². The number of hydrogen-bond donors (Lipinski definition) is 1. The second-order valence-corrected chi connectivity index (χ2v) is 4.26. The van der Waals surface area contributed by atoms with E-state index in [0.29, 0.717) is 17.0 Å². The summed E-state index contributed by atoms with van der Waals surface area (Å²) in [5.74, 6) is -0.780. The number of ether oxygens (including phenoxy) is 1. The number of halogens is 2. The lowest BCUT2D eigenvalue weighted by molar-refractivity contribution is -0.118. The predicted octanol–water partition coefficient (Wildman–Crippen LogP) is 3.29. The van der Waals surface area contributed by atoms with E-state index in [9.17, 15) is 13.6 Å². The van der Waals surface area contributed by atoms with Gasteiger partial charge in [0.2, 0.25) is 0 Å². The number of rotatable bonds is 4. The molecule has 1 N–H and O–H groups in total. The van der Waals surface area contributed by atoms with Crippen LogP contribution >= 0.6 is 0 Å². The normalized spacial score (nSPS) is 10.2. The van der Waals surface area contributed by atoms with Crippen LogP contribution in [-0.2, 0) is 4.79 Å². The number of amides is 1. The molecule has 0 atom stereocenters. The maximum Gasteiger partial charge on any atom is 0.262 e. The van der Waals surface area contributed by atoms with Gasteiger partial charge in [0.05, 0.1) is 0 Å². The second-order valence-electron chi connectivity index (χ2n) is 4.26. The van der Waals surface area contributed by atoms with Crippen LogP contribution in [-0.4, -0.2) is 12.5 Å². The van der Waals surface area contributed by atoms with E-state index in [2.05, 4.69) is 5.32 Å². The Balaban J connectivity index is 1.92. The van der Waals surface area contributed by atoms with Crippen LogP contribution in [0.2, 0.25) is 0 Å². The second kappa shape index (κ2) is 6.14. The molecule has 104 valence electrons. The summed E-state index contributed by atoms with van der Waals surface area (Å²) in [6.45, 7) is 1.45. The van der Waals surface area contributed by atoms with Crippen molar-refractivity contribution in [2.45, 2.75) is 6.92 Å². The number of carbonyl (C=O) groups is 1. The van der Waals surface area contributed by atoms with Gasteiger partial charge in [0.25, 0.3) is 5.91 Å². The van der Waals surface area contributed by atoms with E-state index < -0.39 is 11.7 Å². The fourth-order valence-electron chi connectivity index (χ4n) is 1.68. The maximum absolute atomic E-state index is 12.9. The number of benzene rings is 2. The van der Waals surface area contributed by atoms with Gasteiger partial charge in [0, 0.05) is 5.69 Å². The summed E-state index contributed by atoms with van der Waals surface area (Å²) in [5, 5.41) is 2.51. The van der Waals surface area contributed by atoms with Crippen molar-refractivity contribution in [2.24, 2.45) is 0 Å². The van der Waals surface area contributed by atoms with Crippen LogP contribution in [0.3, 0.4) is 0 Å². The first kappa shape index (κ1) is 14.0. The van der Waals surface area contributed by atoms with Gasteiger partial charge in [0.15, 0.2) is 6.61 Å². The van der Waals surface area contributed by atoms with Crippen molar-refractivity contribution in [1.29, 1.82) is 0 Å². The van der Waals surface area contributed by atoms with Gasteiger partial charge in [-0.15, -0.1) is 0 Å². The van der Waals surface area contributed by atoms with Crippen LogP contribution in [0.4, 0.5) is 14.5 Å². The molecule has 20 heavy (non-hydrogen) atoms. The lowest BCUT2D eigenvalue weighted by atomic mass is 10.2. The molecule has 0 spiro atoms. The van der Waals surface area contributed by atoms with Gasteiger partial charge in [-0.3, -0.25) is 4.79 Å². The molecular formula is C15H13F2NO2. The van der Waals surface area contributed by atoms with Gasteiger partial charge in [-0.05, 0) is 48.9 Å². The number of anilines is 1. The highest BCUT2D eigenvalue weighted by Crippen LogP contribution is 2.18. The summed E-state index contributed by atoms with van der Waals surface area (Å²) >= 11 is 0. The molecule has 0 saturated heterocycles. The Morgan fingerprint density at radius 3 is 2.60 bits per heavy atom. The molecule has 1 amide bonds. The Morgan fingerprint density at radius 2 is 1.90 bits per heavy atom. The third-order valence-electron chi connectivity index (χ3n) is 2.60. The minimum atomic E-state index is -0.432. The van der Waals surface area contributed by atoms with Crippen molar-refractivity contribution in [3.8, 4) is 5.75 Å². The van der Waals surface area contributed by atoms with E-state index in [0.717, 1.165) is 0 Å².